The summed E-state index contributed by atoms with van der Waals surface area (Å²) in [5, 5.41) is 4.16. The maximum atomic E-state index is 13.0. The third-order valence-corrected chi connectivity index (χ3v) is 5.35. The molecular weight excluding hydrogens is 404 g/mol. The first-order valence-corrected chi connectivity index (χ1v) is 10.2. The first-order valence-electron chi connectivity index (χ1n) is 9.86. The van der Waals surface area contributed by atoms with Gasteiger partial charge in [-0.05, 0) is 49.6 Å². The fourth-order valence-electron chi connectivity index (χ4n) is 3.45. The van der Waals surface area contributed by atoms with E-state index in [4.69, 9.17) is 25.5 Å². The summed E-state index contributed by atoms with van der Waals surface area (Å²) in [5.74, 6) is 0.284. The third kappa shape index (κ3) is 4.35. The number of nitrogens with zero attached hydrogens (tertiary/aromatic N) is 1. The molecule has 1 aliphatic heterocycles. The minimum Gasteiger partial charge on any atom is -0.493 e. The third-order valence-electron chi connectivity index (χ3n) is 5.04. The molecule has 1 N–H and O–H groups in total. The Balaban J connectivity index is 1.81. The van der Waals surface area contributed by atoms with E-state index in [1.54, 1.807) is 25.3 Å². The van der Waals surface area contributed by atoms with E-state index in [0.717, 1.165) is 30.4 Å². The molecule has 2 aromatic carbocycles. The minimum absolute atomic E-state index is 0.0402. The van der Waals surface area contributed by atoms with E-state index in [9.17, 15) is 4.79 Å². The zero-order valence-corrected chi connectivity index (χ0v) is 17.7. The Hall–Kier alpha value is -2.83. The van der Waals surface area contributed by atoms with Crippen molar-refractivity contribution in [3.8, 4) is 5.75 Å². The molecule has 3 aromatic rings. The summed E-state index contributed by atoms with van der Waals surface area (Å²) in [5.41, 5.74) is 2.55. The van der Waals surface area contributed by atoms with Crippen molar-refractivity contribution in [1.82, 2.24) is 5.32 Å². The Kier molecular flexibility index (Phi) is 6.06. The molecule has 0 spiro atoms. The predicted octanol–water partition coefficient (Wildman–Crippen LogP) is 4.54. The monoisotopic (exact) mass is 426 g/mol. The van der Waals surface area contributed by atoms with Crippen LogP contribution in [0.2, 0.25) is 5.02 Å². The Morgan fingerprint density at radius 2 is 2.17 bits per heavy atom. The van der Waals surface area contributed by atoms with Crippen LogP contribution < -0.4 is 15.6 Å². The number of benzene rings is 2. The molecule has 7 heteroatoms. The van der Waals surface area contributed by atoms with E-state index in [1.807, 2.05) is 31.2 Å². The molecule has 156 valence electrons. The first-order chi connectivity index (χ1) is 14.5. The molecule has 0 aliphatic carbocycles. The minimum atomic E-state index is -0.277. The molecule has 1 amide bonds. The summed E-state index contributed by atoms with van der Waals surface area (Å²) in [6, 6.07) is 12.8. The largest absolute Gasteiger partial charge is 0.493 e. The highest BCUT2D eigenvalue weighted by Gasteiger charge is 2.19. The summed E-state index contributed by atoms with van der Waals surface area (Å²) < 4.78 is 17.1. The molecule has 0 radical (unpaired) electrons. The van der Waals surface area contributed by atoms with Gasteiger partial charge in [-0.3, -0.25) is 4.79 Å². The van der Waals surface area contributed by atoms with Gasteiger partial charge < -0.3 is 19.2 Å². The molecule has 0 unspecified atom stereocenters. The van der Waals surface area contributed by atoms with Crippen LogP contribution >= 0.6 is 11.6 Å². The van der Waals surface area contributed by atoms with Crippen molar-refractivity contribution in [2.24, 2.45) is 4.99 Å². The van der Waals surface area contributed by atoms with Gasteiger partial charge in [-0.15, -0.1) is 0 Å². The predicted molar refractivity (Wildman–Crippen MR) is 115 cm³/mol. The van der Waals surface area contributed by atoms with E-state index in [2.05, 4.69) is 10.3 Å². The van der Waals surface area contributed by atoms with E-state index >= 15 is 0 Å². The van der Waals surface area contributed by atoms with Gasteiger partial charge >= 0.3 is 0 Å². The number of para-hydroxylation sites is 1. The van der Waals surface area contributed by atoms with E-state index in [0.29, 0.717) is 34.2 Å². The van der Waals surface area contributed by atoms with E-state index in [1.165, 1.54) is 0 Å². The number of carbonyl (C=O) groups excluding carboxylic acids is 1. The number of methoxy groups -OCH3 is 1. The summed E-state index contributed by atoms with van der Waals surface area (Å²) in [4.78, 5) is 17.6. The van der Waals surface area contributed by atoms with Crippen molar-refractivity contribution in [1.29, 1.82) is 0 Å². The van der Waals surface area contributed by atoms with Crippen molar-refractivity contribution in [3.63, 3.8) is 0 Å². The zero-order chi connectivity index (χ0) is 21.1. The lowest BCUT2D eigenvalue weighted by Gasteiger charge is -2.12. The van der Waals surface area contributed by atoms with Crippen molar-refractivity contribution in [2.75, 3.05) is 20.3 Å². The SMILES string of the molecule is COc1cccc2cc(C(=O)NC[C@@H]3CCCO3)c(=Nc3ccc(C)cc3Cl)oc12. The van der Waals surface area contributed by atoms with Gasteiger partial charge in [0.15, 0.2) is 11.3 Å². The van der Waals surface area contributed by atoms with Crippen LogP contribution in [0, 0.1) is 6.92 Å². The van der Waals surface area contributed by atoms with Gasteiger partial charge in [-0.1, -0.05) is 29.8 Å². The van der Waals surface area contributed by atoms with Gasteiger partial charge in [0.05, 0.1) is 23.9 Å². The number of aryl methyl sites for hydroxylation is 1. The second-order valence-electron chi connectivity index (χ2n) is 7.26. The number of ether oxygens (including phenoxy) is 2. The summed E-state index contributed by atoms with van der Waals surface area (Å²) in [6.07, 6.45) is 1.99. The smallest absolute Gasteiger partial charge is 0.256 e. The standard InChI is InChI=1S/C23H23ClN2O4/c1-14-8-9-19(18(24)11-14)26-23-17(22(27)25-13-16-6-4-10-29-16)12-15-5-3-7-20(28-2)21(15)30-23/h3,5,7-9,11-12,16H,4,6,10,13H2,1-2H3,(H,25,27)/t16-/m0/s1. The average molecular weight is 427 g/mol. The van der Waals surface area contributed by atoms with Crippen LogP contribution in [0.15, 0.2) is 51.9 Å². The number of hydrogen-bond acceptors (Lipinski definition) is 5. The average Bonchev–Trinajstić information content (AvgIpc) is 3.26. The van der Waals surface area contributed by atoms with Gasteiger partial charge in [0.1, 0.15) is 5.56 Å². The fraction of sp³-hybridized carbons (Fsp3) is 0.304. The Morgan fingerprint density at radius 1 is 1.30 bits per heavy atom. The lowest BCUT2D eigenvalue weighted by atomic mass is 10.1. The molecular formula is C23H23ClN2O4. The second-order valence-corrected chi connectivity index (χ2v) is 7.66. The number of nitrogens with one attached hydrogen (secondary N) is 1. The normalized spacial score (nSPS) is 16.8. The molecule has 1 aliphatic rings. The number of rotatable bonds is 5. The maximum absolute atomic E-state index is 13.0. The lowest BCUT2D eigenvalue weighted by molar-refractivity contribution is 0.0854. The first kappa shape index (κ1) is 20.4. The lowest BCUT2D eigenvalue weighted by Crippen LogP contribution is -2.34. The molecule has 1 fully saturated rings. The Labute approximate surface area is 179 Å². The van der Waals surface area contributed by atoms with Crippen molar-refractivity contribution >= 4 is 34.2 Å². The van der Waals surface area contributed by atoms with Crippen molar-refractivity contribution < 1.29 is 18.7 Å². The molecule has 1 atom stereocenters. The molecule has 1 aromatic heterocycles. The van der Waals surface area contributed by atoms with E-state index < -0.39 is 0 Å². The molecule has 6 nitrogen and oxygen atoms in total. The van der Waals surface area contributed by atoms with Gasteiger partial charge in [-0.25, -0.2) is 4.99 Å². The van der Waals surface area contributed by atoms with Crippen molar-refractivity contribution in [3.05, 3.63) is 64.2 Å². The number of amides is 1. The van der Waals surface area contributed by atoms with Gasteiger partial charge in [0, 0.05) is 18.5 Å². The van der Waals surface area contributed by atoms with Crippen LogP contribution in [0.4, 0.5) is 5.69 Å². The van der Waals surface area contributed by atoms with Crippen LogP contribution in [-0.2, 0) is 4.74 Å². The summed E-state index contributed by atoms with van der Waals surface area (Å²) in [6.45, 7) is 3.13. The highest BCUT2D eigenvalue weighted by molar-refractivity contribution is 6.33. The molecule has 0 bridgehead atoms. The Bertz CT molecular complexity index is 1150. The van der Waals surface area contributed by atoms with Crippen LogP contribution in [0.3, 0.4) is 0 Å². The molecule has 0 saturated carbocycles. The topological polar surface area (TPSA) is 73.1 Å². The van der Waals surface area contributed by atoms with Gasteiger partial charge in [0.2, 0.25) is 5.55 Å². The quantitative estimate of drug-likeness (QED) is 0.649. The second kappa shape index (κ2) is 8.90. The Morgan fingerprint density at radius 3 is 2.90 bits per heavy atom. The van der Waals surface area contributed by atoms with Crippen LogP contribution in [0.1, 0.15) is 28.8 Å². The van der Waals surface area contributed by atoms with Crippen LogP contribution in [0.5, 0.6) is 5.75 Å². The van der Waals surface area contributed by atoms with Gasteiger partial charge in [0.25, 0.3) is 5.91 Å². The highest BCUT2D eigenvalue weighted by Crippen LogP contribution is 2.27. The fourth-order valence-corrected chi connectivity index (χ4v) is 3.73. The summed E-state index contributed by atoms with van der Waals surface area (Å²) >= 11 is 6.36. The zero-order valence-electron chi connectivity index (χ0n) is 16.9. The molecule has 4 rings (SSSR count). The molecule has 30 heavy (non-hydrogen) atoms. The summed E-state index contributed by atoms with van der Waals surface area (Å²) in [7, 11) is 1.57. The highest BCUT2D eigenvalue weighted by atomic mass is 35.5. The number of fused-ring (bicyclic) bond motifs is 1. The molecule has 2 heterocycles. The molecule has 1 saturated heterocycles. The van der Waals surface area contributed by atoms with E-state index in [-0.39, 0.29) is 17.6 Å². The van der Waals surface area contributed by atoms with Gasteiger partial charge in [-0.2, -0.15) is 0 Å². The van der Waals surface area contributed by atoms with Crippen molar-refractivity contribution in [2.45, 2.75) is 25.9 Å². The van der Waals surface area contributed by atoms with Crippen LogP contribution in [0.25, 0.3) is 11.0 Å². The number of carbonyl (C=O) groups is 1. The number of hydrogen-bond donors (Lipinski definition) is 1. The van der Waals surface area contributed by atoms with Crippen LogP contribution in [-0.4, -0.2) is 32.3 Å². The number of halogens is 1. The maximum Gasteiger partial charge on any atom is 0.256 e.